The predicted molar refractivity (Wildman–Crippen MR) is 86.9 cm³/mol. The van der Waals surface area contributed by atoms with Crippen molar-refractivity contribution in [1.29, 1.82) is 0 Å². The number of piperidine rings is 1. The summed E-state index contributed by atoms with van der Waals surface area (Å²) in [6.45, 7) is 7.60. The summed E-state index contributed by atoms with van der Waals surface area (Å²) in [6, 6.07) is 9.89. The molecule has 2 unspecified atom stereocenters. The number of nitrogens with zero attached hydrogens (tertiary/aromatic N) is 1. The molecule has 0 saturated carbocycles. The number of hydrogen-bond donors (Lipinski definition) is 1. The van der Waals surface area contributed by atoms with Gasteiger partial charge < -0.3 is 5.73 Å². The molecule has 0 radical (unpaired) electrons. The third kappa shape index (κ3) is 4.07. The minimum absolute atomic E-state index is 0.465. The van der Waals surface area contributed by atoms with Gasteiger partial charge in [0.1, 0.15) is 0 Å². The summed E-state index contributed by atoms with van der Waals surface area (Å²) in [5.74, 6) is 0.465. The molecule has 1 aromatic rings. The Morgan fingerprint density at radius 1 is 1.25 bits per heavy atom. The van der Waals surface area contributed by atoms with Gasteiger partial charge in [-0.1, -0.05) is 51.0 Å². The van der Waals surface area contributed by atoms with Gasteiger partial charge in [-0.15, -0.1) is 0 Å². The van der Waals surface area contributed by atoms with E-state index in [1.54, 1.807) is 0 Å². The molecule has 1 saturated heterocycles. The van der Waals surface area contributed by atoms with Crippen molar-refractivity contribution in [2.75, 3.05) is 13.1 Å². The van der Waals surface area contributed by atoms with Gasteiger partial charge in [0.2, 0.25) is 0 Å². The Bertz CT molecular complexity index is 383. The average Bonchev–Trinajstić information content (AvgIpc) is 2.49. The third-order valence-electron chi connectivity index (χ3n) is 4.66. The summed E-state index contributed by atoms with van der Waals surface area (Å²) >= 11 is 0. The van der Waals surface area contributed by atoms with Crippen LogP contribution in [0.3, 0.4) is 0 Å². The van der Waals surface area contributed by atoms with Crippen molar-refractivity contribution < 1.29 is 0 Å². The first-order valence-corrected chi connectivity index (χ1v) is 8.27. The maximum absolute atomic E-state index is 5.73. The van der Waals surface area contributed by atoms with Gasteiger partial charge in [-0.05, 0) is 49.4 Å². The highest BCUT2D eigenvalue weighted by atomic mass is 15.2. The lowest BCUT2D eigenvalue weighted by atomic mass is 9.96. The van der Waals surface area contributed by atoms with E-state index in [1.165, 1.54) is 49.8 Å². The molecule has 0 aromatic heterocycles. The molecular weight excluding hydrogens is 244 g/mol. The molecule has 2 heteroatoms. The first kappa shape index (κ1) is 15.5. The molecule has 2 N–H and O–H groups in total. The number of nitrogens with two attached hydrogens (primary N) is 1. The average molecular weight is 274 g/mol. The van der Waals surface area contributed by atoms with Crippen molar-refractivity contribution in [3.05, 3.63) is 35.4 Å². The van der Waals surface area contributed by atoms with Crippen LogP contribution in [0.15, 0.2) is 24.3 Å². The molecule has 1 aliphatic rings. The number of likely N-dealkylation sites (tertiary alicyclic amines) is 1. The topological polar surface area (TPSA) is 29.3 Å². The van der Waals surface area contributed by atoms with E-state index in [-0.39, 0.29) is 0 Å². The molecule has 1 aliphatic heterocycles. The molecule has 0 bridgehead atoms. The van der Waals surface area contributed by atoms with Crippen LogP contribution in [0.1, 0.15) is 63.0 Å². The number of hydrogen-bond acceptors (Lipinski definition) is 2. The smallest absolute Gasteiger partial charge is 0.0236 e. The Morgan fingerprint density at radius 3 is 2.65 bits per heavy atom. The highest BCUT2D eigenvalue weighted by Gasteiger charge is 2.21. The lowest BCUT2D eigenvalue weighted by Crippen LogP contribution is -2.38. The molecule has 20 heavy (non-hydrogen) atoms. The second-order valence-corrected chi connectivity index (χ2v) is 6.29. The minimum Gasteiger partial charge on any atom is -0.330 e. The minimum atomic E-state index is 0.465. The Balaban J connectivity index is 1.97. The SMILES string of the molecule is CCCC1CCCCN1Cc1ccc(C(C)CN)cc1. The fraction of sp³-hybridized carbons (Fsp3) is 0.667. The molecule has 1 heterocycles. The summed E-state index contributed by atoms with van der Waals surface area (Å²) in [6.07, 6.45) is 6.81. The molecule has 2 nitrogen and oxygen atoms in total. The van der Waals surface area contributed by atoms with E-state index in [0.717, 1.165) is 19.1 Å². The van der Waals surface area contributed by atoms with Gasteiger partial charge >= 0.3 is 0 Å². The predicted octanol–water partition coefficient (Wildman–Crippen LogP) is 3.90. The molecule has 0 aliphatic carbocycles. The van der Waals surface area contributed by atoms with Crippen molar-refractivity contribution >= 4 is 0 Å². The first-order chi connectivity index (χ1) is 9.74. The third-order valence-corrected chi connectivity index (χ3v) is 4.66. The van der Waals surface area contributed by atoms with Crippen molar-refractivity contribution in [3.63, 3.8) is 0 Å². The maximum atomic E-state index is 5.73. The zero-order valence-electron chi connectivity index (χ0n) is 13.1. The summed E-state index contributed by atoms with van der Waals surface area (Å²) in [4.78, 5) is 2.69. The largest absolute Gasteiger partial charge is 0.330 e. The molecule has 0 amide bonds. The van der Waals surface area contributed by atoms with Gasteiger partial charge in [0.15, 0.2) is 0 Å². The van der Waals surface area contributed by atoms with E-state index in [9.17, 15) is 0 Å². The normalized spacial score (nSPS) is 21.9. The van der Waals surface area contributed by atoms with Crippen LogP contribution in [0.4, 0.5) is 0 Å². The maximum Gasteiger partial charge on any atom is 0.0236 e. The summed E-state index contributed by atoms with van der Waals surface area (Å²) in [5, 5.41) is 0. The van der Waals surface area contributed by atoms with Crippen molar-refractivity contribution in [2.24, 2.45) is 5.73 Å². The second kappa shape index (κ2) is 7.80. The molecule has 1 fully saturated rings. The van der Waals surface area contributed by atoms with Gasteiger partial charge in [0, 0.05) is 12.6 Å². The lowest BCUT2D eigenvalue weighted by molar-refractivity contribution is 0.131. The summed E-state index contributed by atoms with van der Waals surface area (Å²) in [5.41, 5.74) is 8.54. The Morgan fingerprint density at radius 2 is 2.00 bits per heavy atom. The molecule has 2 atom stereocenters. The van der Waals surface area contributed by atoms with Crippen LogP contribution in [-0.2, 0) is 6.54 Å². The van der Waals surface area contributed by atoms with Crippen LogP contribution in [-0.4, -0.2) is 24.0 Å². The summed E-state index contributed by atoms with van der Waals surface area (Å²) in [7, 11) is 0. The van der Waals surface area contributed by atoms with E-state index in [0.29, 0.717) is 5.92 Å². The van der Waals surface area contributed by atoms with Crippen LogP contribution in [0.2, 0.25) is 0 Å². The van der Waals surface area contributed by atoms with Crippen LogP contribution in [0.25, 0.3) is 0 Å². The Kier molecular flexibility index (Phi) is 6.06. The van der Waals surface area contributed by atoms with E-state index in [4.69, 9.17) is 5.73 Å². The van der Waals surface area contributed by atoms with Crippen LogP contribution >= 0.6 is 0 Å². The molecule has 2 rings (SSSR count). The molecule has 0 spiro atoms. The van der Waals surface area contributed by atoms with E-state index < -0.39 is 0 Å². The van der Waals surface area contributed by atoms with Crippen LogP contribution in [0.5, 0.6) is 0 Å². The zero-order valence-corrected chi connectivity index (χ0v) is 13.1. The molecular formula is C18H30N2. The standard InChI is InChI=1S/C18H30N2/c1-3-6-18-7-4-5-12-20(18)14-16-8-10-17(11-9-16)15(2)13-19/h8-11,15,18H,3-7,12-14,19H2,1-2H3. The van der Waals surface area contributed by atoms with Crippen molar-refractivity contribution in [3.8, 4) is 0 Å². The van der Waals surface area contributed by atoms with Gasteiger partial charge in [0.25, 0.3) is 0 Å². The lowest BCUT2D eigenvalue weighted by Gasteiger charge is -2.35. The van der Waals surface area contributed by atoms with Crippen LogP contribution in [0, 0.1) is 0 Å². The fourth-order valence-electron chi connectivity index (χ4n) is 3.25. The van der Waals surface area contributed by atoms with Crippen molar-refractivity contribution in [2.45, 2.75) is 64.5 Å². The quantitative estimate of drug-likeness (QED) is 0.852. The van der Waals surface area contributed by atoms with Gasteiger partial charge in [-0.3, -0.25) is 4.90 Å². The fourth-order valence-corrected chi connectivity index (χ4v) is 3.25. The first-order valence-electron chi connectivity index (χ1n) is 8.27. The van der Waals surface area contributed by atoms with E-state index >= 15 is 0 Å². The van der Waals surface area contributed by atoms with E-state index in [2.05, 4.69) is 43.0 Å². The number of benzene rings is 1. The van der Waals surface area contributed by atoms with Gasteiger partial charge in [0.05, 0.1) is 0 Å². The highest BCUT2D eigenvalue weighted by molar-refractivity contribution is 5.25. The van der Waals surface area contributed by atoms with Crippen molar-refractivity contribution in [1.82, 2.24) is 4.90 Å². The second-order valence-electron chi connectivity index (χ2n) is 6.29. The highest BCUT2D eigenvalue weighted by Crippen LogP contribution is 2.23. The molecule has 1 aromatic carbocycles. The van der Waals surface area contributed by atoms with Crippen LogP contribution < -0.4 is 5.73 Å². The monoisotopic (exact) mass is 274 g/mol. The van der Waals surface area contributed by atoms with Gasteiger partial charge in [-0.25, -0.2) is 0 Å². The molecule has 112 valence electrons. The Labute approximate surface area is 124 Å². The zero-order chi connectivity index (χ0) is 14.4. The summed E-state index contributed by atoms with van der Waals surface area (Å²) < 4.78 is 0. The Hall–Kier alpha value is -0.860. The number of rotatable bonds is 6. The van der Waals surface area contributed by atoms with E-state index in [1.807, 2.05) is 0 Å². The van der Waals surface area contributed by atoms with Gasteiger partial charge in [-0.2, -0.15) is 0 Å².